The normalized spacial score (nSPS) is 15.1. The third-order valence-electron chi connectivity index (χ3n) is 15.5. The van der Waals surface area contributed by atoms with Crippen molar-refractivity contribution >= 4 is 39.5 Å². The molecule has 0 rings (SSSR count). The van der Waals surface area contributed by atoms with Gasteiger partial charge < -0.3 is 33.8 Å². The molecule has 0 aromatic rings. The number of phosphoric ester groups is 2. The van der Waals surface area contributed by atoms with Crippen molar-refractivity contribution in [3.8, 4) is 0 Å². The molecule has 3 N–H and O–H groups in total. The van der Waals surface area contributed by atoms with Crippen molar-refractivity contribution in [2.24, 2.45) is 23.7 Å². The van der Waals surface area contributed by atoms with Crippen molar-refractivity contribution < 1.29 is 80.2 Å². The first-order chi connectivity index (χ1) is 40.2. The predicted octanol–water partition coefficient (Wildman–Crippen LogP) is 17.8. The summed E-state index contributed by atoms with van der Waals surface area (Å²) in [5, 5.41) is 10.5. The molecule has 4 unspecified atom stereocenters. The minimum Gasteiger partial charge on any atom is -0.462 e. The van der Waals surface area contributed by atoms with Gasteiger partial charge in [0.15, 0.2) is 12.2 Å². The molecule has 0 aliphatic carbocycles. The highest BCUT2D eigenvalue weighted by Crippen LogP contribution is 2.45. The number of rotatable bonds is 62. The zero-order valence-electron chi connectivity index (χ0n) is 54.5. The lowest BCUT2D eigenvalue weighted by Gasteiger charge is -2.21. The second kappa shape index (κ2) is 55.2. The highest BCUT2D eigenvalue weighted by Gasteiger charge is 2.30. The van der Waals surface area contributed by atoms with Crippen LogP contribution in [0.5, 0.6) is 0 Å². The molecule has 84 heavy (non-hydrogen) atoms. The molecule has 0 saturated carbocycles. The van der Waals surface area contributed by atoms with E-state index in [1.165, 1.54) is 103 Å². The fourth-order valence-electron chi connectivity index (χ4n) is 9.54. The zero-order valence-corrected chi connectivity index (χ0v) is 56.3. The van der Waals surface area contributed by atoms with Crippen molar-refractivity contribution in [2.45, 2.75) is 331 Å². The first kappa shape index (κ1) is 82.1. The maximum atomic E-state index is 13.0. The van der Waals surface area contributed by atoms with Crippen LogP contribution in [0.2, 0.25) is 0 Å². The zero-order chi connectivity index (χ0) is 62.5. The van der Waals surface area contributed by atoms with E-state index in [4.69, 9.17) is 37.0 Å². The van der Waals surface area contributed by atoms with E-state index in [1.807, 2.05) is 0 Å². The molecule has 0 heterocycles. The lowest BCUT2D eigenvalue weighted by atomic mass is 9.99. The molecule has 498 valence electrons. The standard InChI is InChI=1S/C65H126O17P2/c1-9-57(7)43-35-27-18-15-16-20-32-40-48-65(70)82-60(51-75-62(67)45-37-29-23-21-26-34-42-56(5)6)53-79-83(71,72)77-49-59(66)50-78-84(73,74)80-54-61(52-76-63(68)46-38-30-24-22-28-36-44-58(8)10-2)81-64(69)47-39-31-19-14-12-11-13-17-25-33-41-55(3)4/h55-61,66H,9-54H2,1-8H3,(H,71,72)(H,73,74)/t57?,58?,59-,60+,61+/m0/s1. The number of unbranched alkanes of at least 4 members (excludes halogenated alkanes) is 26. The Morgan fingerprint density at radius 1 is 0.333 bits per heavy atom. The molecule has 0 spiro atoms. The molecule has 19 heteroatoms. The van der Waals surface area contributed by atoms with E-state index < -0.39 is 97.5 Å². The van der Waals surface area contributed by atoms with E-state index in [0.717, 1.165) is 120 Å². The lowest BCUT2D eigenvalue weighted by Crippen LogP contribution is -2.30. The Hall–Kier alpha value is -1.94. The summed E-state index contributed by atoms with van der Waals surface area (Å²) in [6, 6.07) is 0. The van der Waals surface area contributed by atoms with Crippen LogP contribution in [0.3, 0.4) is 0 Å². The fraction of sp³-hybridized carbons (Fsp3) is 0.938. The Bertz CT molecular complexity index is 1680. The second-order valence-corrected chi connectivity index (χ2v) is 27.8. The molecule has 0 bridgehead atoms. The summed E-state index contributed by atoms with van der Waals surface area (Å²) in [6.45, 7) is 14.0. The number of phosphoric acid groups is 2. The Balaban J connectivity index is 5.26. The fourth-order valence-corrected chi connectivity index (χ4v) is 11.1. The number of aliphatic hydroxyl groups excluding tert-OH is 1. The number of esters is 4. The molecule has 0 fully saturated rings. The number of carbonyl (C=O) groups excluding carboxylic acids is 4. The summed E-state index contributed by atoms with van der Waals surface area (Å²) in [5.74, 6) is 0.791. The minimum atomic E-state index is -4.95. The Kier molecular flexibility index (Phi) is 53.9. The van der Waals surface area contributed by atoms with E-state index in [9.17, 15) is 43.2 Å². The average molecular weight is 1240 g/mol. The predicted molar refractivity (Wildman–Crippen MR) is 335 cm³/mol. The second-order valence-electron chi connectivity index (χ2n) is 24.9. The van der Waals surface area contributed by atoms with E-state index in [-0.39, 0.29) is 25.7 Å². The van der Waals surface area contributed by atoms with Gasteiger partial charge in [0.1, 0.15) is 19.3 Å². The van der Waals surface area contributed by atoms with Crippen LogP contribution in [-0.4, -0.2) is 96.7 Å². The number of hydrogen-bond acceptors (Lipinski definition) is 15. The highest BCUT2D eigenvalue weighted by atomic mass is 31.2. The Labute approximate surface area is 511 Å². The number of ether oxygens (including phenoxy) is 4. The van der Waals surface area contributed by atoms with Crippen LogP contribution in [0.25, 0.3) is 0 Å². The molecule has 0 aliphatic heterocycles. The summed E-state index contributed by atoms with van der Waals surface area (Å²) in [4.78, 5) is 72.3. The lowest BCUT2D eigenvalue weighted by molar-refractivity contribution is -0.161. The van der Waals surface area contributed by atoms with Crippen LogP contribution in [0, 0.1) is 23.7 Å². The van der Waals surface area contributed by atoms with Crippen molar-refractivity contribution in [2.75, 3.05) is 39.6 Å². The van der Waals surface area contributed by atoms with Gasteiger partial charge in [-0.05, 0) is 49.4 Å². The van der Waals surface area contributed by atoms with Gasteiger partial charge in [-0.2, -0.15) is 0 Å². The molecule has 0 radical (unpaired) electrons. The van der Waals surface area contributed by atoms with E-state index in [1.54, 1.807) is 0 Å². The molecule has 7 atom stereocenters. The molecule has 0 aliphatic rings. The Morgan fingerprint density at radius 2 is 0.571 bits per heavy atom. The van der Waals surface area contributed by atoms with Crippen LogP contribution in [0.4, 0.5) is 0 Å². The van der Waals surface area contributed by atoms with Gasteiger partial charge in [0.2, 0.25) is 0 Å². The van der Waals surface area contributed by atoms with Crippen molar-refractivity contribution in [1.82, 2.24) is 0 Å². The monoisotopic (exact) mass is 1240 g/mol. The molecule has 17 nitrogen and oxygen atoms in total. The van der Waals surface area contributed by atoms with Gasteiger partial charge in [-0.15, -0.1) is 0 Å². The van der Waals surface area contributed by atoms with Crippen molar-refractivity contribution in [1.29, 1.82) is 0 Å². The smallest absolute Gasteiger partial charge is 0.462 e. The molecule has 0 aromatic heterocycles. The van der Waals surface area contributed by atoms with Crippen molar-refractivity contribution in [3.63, 3.8) is 0 Å². The SMILES string of the molecule is CCC(C)CCCCCCCCCCC(=O)O[C@H](COC(=O)CCCCCCCCC(C)C)COP(=O)(O)OC[C@H](O)COP(=O)(O)OC[C@@H](COC(=O)CCCCCCCCC(C)CC)OC(=O)CCCCCCCCCCCCC(C)C. The van der Waals surface area contributed by atoms with E-state index in [0.29, 0.717) is 31.6 Å². The summed E-state index contributed by atoms with van der Waals surface area (Å²) in [5.41, 5.74) is 0. The quantitative estimate of drug-likeness (QED) is 0.0222. The largest absolute Gasteiger partial charge is 0.472 e. The number of aliphatic hydroxyl groups is 1. The molecule has 0 saturated heterocycles. The van der Waals surface area contributed by atoms with Gasteiger partial charge in [0.05, 0.1) is 26.4 Å². The summed E-state index contributed by atoms with van der Waals surface area (Å²) in [7, 11) is -9.89. The Morgan fingerprint density at radius 3 is 0.845 bits per heavy atom. The molecular formula is C65H126O17P2. The number of hydrogen-bond donors (Lipinski definition) is 3. The van der Waals surface area contributed by atoms with Crippen molar-refractivity contribution in [3.05, 3.63) is 0 Å². The van der Waals surface area contributed by atoms with Crippen LogP contribution < -0.4 is 0 Å². The maximum absolute atomic E-state index is 13.0. The van der Waals surface area contributed by atoms with Crippen LogP contribution in [-0.2, 0) is 65.4 Å². The number of carbonyl (C=O) groups is 4. The summed E-state index contributed by atoms with van der Waals surface area (Å²) >= 11 is 0. The van der Waals surface area contributed by atoms with Gasteiger partial charge in [0.25, 0.3) is 0 Å². The molecule has 0 aromatic carbocycles. The van der Waals surface area contributed by atoms with Crippen LogP contribution >= 0.6 is 15.6 Å². The first-order valence-electron chi connectivity index (χ1n) is 33.8. The van der Waals surface area contributed by atoms with Gasteiger partial charge in [-0.1, -0.05) is 261 Å². The van der Waals surface area contributed by atoms with Gasteiger partial charge in [0, 0.05) is 25.7 Å². The minimum absolute atomic E-state index is 0.103. The summed E-state index contributed by atoms with van der Waals surface area (Å²) in [6.07, 6.45) is 34.9. The van der Waals surface area contributed by atoms with Crippen LogP contribution in [0.15, 0.2) is 0 Å². The average Bonchev–Trinajstić information content (AvgIpc) is 3.45. The molecular weight excluding hydrogens is 1110 g/mol. The van der Waals surface area contributed by atoms with Gasteiger partial charge in [-0.25, -0.2) is 9.13 Å². The first-order valence-corrected chi connectivity index (χ1v) is 36.8. The third-order valence-corrected chi connectivity index (χ3v) is 17.4. The van der Waals surface area contributed by atoms with E-state index in [2.05, 4.69) is 55.4 Å². The molecule has 0 amide bonds. The van der Waals surface area contributed by atoms with Crippen LogP contribution in [0.1, 0.15) is 312 Å². The third kappa shape index (κ3) is 56.6. The van der Waals surface area contributed by atoms with E-state index >= 15 is 0 Å². The van der Waals surface area contributed by atoms with Gasteiger partial charge >= 0.3 is 39.5 Å². The highest BCUT2D eigenvalue weighted by molar-refractivity contribution is 7.47. The topological polar surface area (TPSA) is 237 Å². The summed E-state index contributed by atoms with van der Waals surface area (Å²) < 4.78 is 68.0. The van der Waals surface area contributed by atoms with Gasteiger partial charge in [-0.3, -0.25) is 37.3 Å². The maximum Gasteiger partial charge on any atom is 0.472 e.